The predicted molar refractivity (Wildman–Crippen MR) is 129 cm³/mol. The highest BCUT2D eigenvalue weighted by molar-refractivity contribution is 5.58. The minimum atomic E-state index is -0.261. The average molecular weight is 450 g/mol. The van der Waals surface area contributed by atoms with E-state index >= 15 is 0 Å². The number of piperazine rings is 1. The number of pyridine rings is 1. The monoisotopic (exact) mass is 449 g/mol. The minimum Gasteiger partial charge on any atom is -0.495 e. The SMILES string of the molecule is COc1ccccc1N1CCN(CCCn2c(=O)c(C)cn(Cc3ccncc3)c2=O)CC1. The van der Waals surface area contributed by atoms with Crippen molar-refractivity contribution in [2.24, 2.45) is 0 Å². The second kappa shape index (κ2) is 10.5. The van der Waals surface area contributed by atoms with Crippen LogP contribution in [0.1, 0.15) is 17.5 Å². The summed E-state index contributed by atoms with van der Waals surface area (Å²) in [5.41, 5.74) is 2.22. The number of anilines is 1. The summed E-state index contributed by atoms with van der Waals surface area (Å²) in [6.45, 7) is 7.17. The van der Waals surface area contributed by atoms with Crippen molar-refractivity contribution >= 4 is 5.69 Å². The summed E-state index contributed by atoms with van der Waals surface area (Å²) < 4.78 is 8.48. The second-order valence-electron chi connectivity index (χ2n) is 8.39. The van der Waals surface area contributed by atoms with Gasteiger partial charge in [0.05, 0.1) is 19.3 Å². The van der Waals surface area contributed by atoms with E-state index < -0.39 is 0 Å². The van der Waals surface area contributed by atoms with E-state index in [2.05, 4.69) is 20.9 Å². The van der Waals surface area contributed by atoms with Gasteiger partial charge in [0.15, 0.2) is 0 Å². The van der Waals surface area contributed by atoms with Gasteiger partial charge in [0, 0.05) is 56.9 Å². The van der Waals surface area contributed by atoms with Crippen LogP contribution in [-0.4, -0.2) is 58.9 Å². The number of methoxy groups -OCH3 is 1. The number of aromatic nitrogens is 3. The van der Waals surface area contributed by atoms with E-state index in [4.69, 9.17) is 4.74 Å². The molecule has 0 radical (unpaired) electrons. The fraction of sp³-hybridized carbons (Fsp3) is 0.400. The maximum Gasteiger partial charge on any atom is 0.331 e. The van der Waals surface area contributed by atoms with Crippen LogP contribution in [0.3, 0.4) is 0 Å². The molecule has 0 atom stereocenters. The van der Waals surface area contributed by atoms with Gasteiger partial charge in [0.2, 0.25) is 0 Å². The Balaban J connectivity index is 1.35. The lowest BCUT2D eigenvalue weighted by atomic mass is 10.2. The molecule has 3 heterocycles. The van der Waals surface area contributed by atoms with Crippen LogP contribution in [-0.2, 0) is 13.1 Å². The maximum absolute atomic E-state index is 13.0. The van der Waals surface area contributed by atoms with Crippen molar-refractivity contribution < 1.29 is 4.74 Å². The molecule has 0 bridgehead atoms. The first-order valence-electron chi connectivity index (χ1n) is 11.4. The molecule has 1 aromatic carbocycles. The van der Waals surface area contributed by atoms with Crippen LogP contribution in [0.4, 0.5) is 5.69 Å². The van der Waals surface area contributed by atoms with Gasteiger partial charge in [-0.15, -0.1) is 0 Å². The molecular weight excluding hydrogens is 418 g/mol. The quantitative estimate of drug-likeness (QED) is 0.524. The Hall–Kier alpha value is -3.39. The van der Waals surface area contributed by atoms with Crippen LogP contribution in [0.5, 0.6) is 5.75 Å². The molecule has 2 aromatic heterocycles. The van der Waals surface area contributed by atoms with Gasteiger partial charge in [-0.25, -0.2) is 4.79 Å². The summed E-state index contributed by atoms with van der Waals surface area (Å²) in [5.74, 6) is 0.896. The number of benzene rings is 1. The van der Waals surface area contributed by atoms with Gasteiger partial charge in [-0.3, -0.25) is 23.8 Å². The second-order valence-corrected chi connectivity index (χ2v) is 8.39. The van der Waals surface area contributed by atoms with E-state index in [-0.39, 0.29) is 11.2 Å². The zero-order chi connectivity index (χ0) is 23.2. The Morgan fingerprint density at radius 3 is 2.42 bits per heavy atom. The number of aryl methyl sites for hydroxylation is 1. The molecule has 1 fully saturated rings. The highest BCUT2D eigenvalue weighted by atomic mass is 16.5. The fourth-order valence-corrected chi connectivity index (χ4v) is 4.35. The molecule has 174 valence electrons. The number of para-hydroxylation sites is 2. The molecule has 8 heteroatoms. The van der Waals surface area contributed by atoms with Crippen LogP contribution < -0.4 is 20.9 Å². The first kappa shape index (κ1) is 22.8. The third kappa shape index (κ3) is 5.34. The molecule has 0 spiro atoms. The summed E-state index contributed by atoms with van der Waals surface area (Å²) in [4.78, 5) is 34.4. The highest BCUT2D eigenvalue weighted by Gasteiger charge is 2.19. The molecule has 1 aliphatic rings. The van der Waals surface area contributed by atoms with Gasteiger partial charge in [0.1, 0.15) is 5.75 Å². The summed E-state index contributed by atoms with van der Waals surface area (Å²) in [6, 6.07) is 11.9. The summed E-state index contributed by atoms with van der Waals surface area (Å²) >= 11 is 0. The molecule has 3 aromatic rings. The van der Waals surface area contributed by atoms with Gasteiger partial charge in [-0.05, 0) is 49.7 Å². The lowest BCUT2D eigenvalue weighted by molar-refractivity contribution is 0.248. The maximum atomic E-state index is 13.0. The average Bonchev–Trinajstić information content (AvgIpc) is 2.85. The van der Waals surface area contributed by atoms with E-state index in [0.717, 1.165) is 56.1 Å². The van der Waals surface area contributed by atoms with Crippen molar-refractivity contribution in [3.63, 3.8) is 0 Å². The van der Waals surface area contributed by atoms with Crippen molar-refractivity contribution in [1.82, 2.24) is 19.0 Å². The fourth-order valence-electron chi connectivity index (χ4n) is 4.35. The summed E-state index contributed by atoms with van der Waals surface area (Å²) in [6.07, 6.45) is 5.81. The third-order valence-electron chi connectivity index (χ3n) is 6.17. The molecule has 0 unspecified atom stereocenters. The van der Waals surface area contributed by atoms with E-state index in [0.29, 0.717) is 18.7 Å². The summed E-state index contributed by atoms with van der Waals surface area (Å²) in [5, 5.41) is 0. The number of hydrogen-bond donors (Lipinski definition) is 0. The van der Waals surface area contributed by atoms with Crippen molar-refractivity contribution in [3.05, 3.63) is 87.0 Å². The lowest BCUT2D eigenvalue weighted by Crippen LogP contribution is -2.47. The van der Waals surface area contributed by atoms with E-state index in [1.54, 1.807) is 37.2 Å². The van der Waals surface area contributed by atoms with Crippen LogP contribution in [0.2, 0.25) is 0 Å². The molecule has 33 heavy (non-hydrogen) atoms. The van der Waals surface area contributed by atoms with Crippen molar-refractivity contribution in [3.8, 4) is 5.75 Å². The Morgan fingerprint density at radius 1 is 0.970 bits per heavy atom. The lowest BCUT2D eigenvalue weighted by Gasteiger charge is -2.36. The molecule has 1 aliphatic heterocycles. The largest absolute Gasteiger partial charge is 0.495 e. The Labute approximate surface area is 193 Å². The van der Waals surface area contributed by atoms with E-state index in [9.17, 15) is 9.59 Å². The predicted octanol–water partition coefficient (Wildman–Crippen LogP) is 1.98. The normalized spacial score (nSPS) is 14.4. The highest BCUT2D eigenvalue weighted by Crippen LogP contribution is 2.28. The molecule has 4 rings (SSSR count). The van der Waals surface area contributed by atoms with Gasteiger partial charge < -0.3 is 9.64 Å². The van der Waals surface area contributed by atoms with E-state index in [1.165, 1.54) is 4.57 Å². The van der Waals surface area contributed by atoms with Crippen molar-refractivity contribution in [2.45, 2.75) is 26.4 Å². The first-order valence-corrected chi connectivity index (χ1v) is 11.4. The van der Waals surface area contributed by atoms with Crippen LogP contribution in [0.15, 0.2) is 64.6 Å². The van der Waals surface area contributed by atoms with E-state index in [1.807, 2.05) is 30.3 Å². The van der Waals surface area contributed by atoms with Gasteiger partial charge in [-0.2, -0.15) is 0 Å². The first-order chi connectivity index (χ1) is 16.1. The van der Waals surface area contributed by atoms with Gasteiger partial charge in [0.25, 0.3) is 5.56 Å². The Morgan fingerprint density at radius 2 is 1.70 bits per heavy atom. The molecule has 1 saturated heterocycles. The van der Waals surface area contributed by atoms with Crippen LogP contribution in [0, 0.1) is 6.92 Å². The van der Waals surface area contributed by atoms with Gasteiger partial charge in [-0.1, -0.05) is 12.1 Å². The minimum absolute atomic E-state index is 0.202. The molecule has 0 amide bonds. The Kier molecular flexibility index (Phi) is 7.24. The number of hydrogen-bond acceptors (Lipinski definition) is 6. The van der Waals surface area contributed by atoms with Crippen LogP contribution >= 0.6 is 0 Å². The standard InChI is InChI=1S/C25H31N5O3/c1-20-18-29(19-21-8-10-26-11-9-21)25(32)30(24(20)31)13-5-12-27-14-16-28(17-15-27)22-6-3-4-7-23(22)33-2/h3-4,6-11,18H,5,12-17,19H2,1-2H3. The number of nitrogens with zero attached hydrogens (tertiary/aromatic N) is 5. The van der Waals surface area contributed by atoms with Gasteiger partial charge >= 0.3 is 5.69 Å². The zero-order valence-electron chi connectivity index (χ0n) is 19.3. The zero-order valence-corrected chi connectivity index (χ0v) is 19.3. The molecule has 0 saturated carbocycles. The number of ether oxygens (including phenoxy) is 1. The Bertz CT molecular complexity index is 1180. The molecule has 0 N–H and O–H groups in total. The molecule has 8 nitrogen and oxygen atoms in total. The van der Waals surface area contributed by atoms with Crippen molar-refractivity contribution in [2.75, 3.05) is 44.7 Å². The van der Waals surface area contributed by atoms with Crippen LogP contribution in [0.25, 0.3) is 0 Å². The topological polar surface area (TPSA) is 72.6 Å². The smallest absolute Gasteiger partial charge is 0.331 e. The summed E-state index contributed by atoms with van der Waals surface area (Å²) in [7, 11) is 1.70. The van der Waals surface area contributed by atoms with Crippen molar-refractivity contribution in [1.29, 1.82) is 0 Å². The third-order valence-corrected chi connectivity index (χ3v) is 6.17. The number of rotatable bonds is 8. The molecule has 0 aliphatic carbocycles. The molecular formula is C25H31N5O3.